The van der Waals surface area contributed by atoms with Gasteiger partial charge >= 0.3 is 0 Å². The smallest absolute Gasteiger partial charge is 0.154 e. The molecule has 0 atom stereocenters. The first-order valence-corrected chi connectivity index (χ1v) is 7.74. The SMILES string of the molecule is Cc1cc2nc(-c3ccc(N(C)C)s3)cn2nc1I. The number of aromatic nitrogens is 3. The Morgan fingerprint density at radius 2 is 2.11 bits per heavy atom. The number of halogens is 1. The molecular weight excluding hydrogens is 371 g/mol. The van der Waals surface area contributed by atoms with Crippen LogP contribution in [0.4, 0.5) is 5.00 Å². The molecule has 0 aliphatic rings. The summed E-state index contributed by atoms with van der Waals surface area (Å²) < 4.78 is 2.85. The Kier molecular flexibility index (Phi) is 3.22. The largest absolute Gasteiger partial charge is 0.370 e. The zero-order valence-electron chi connectivity index (χ0n) is 10.9. The van der Waals surface area contributed by atoms with Crippen LogP contribution in [-0.4, -0.2) is 28.7 Å². The quantitative estimate of drug-likeness (QED) is 0.635. The van der Waals surface area contributed by atoms with Crippen LogP contribution in [0.5, 0.6) is 0 Å². The third kappa shape index (κ3) is 2.34. The molecule has 19 heavy (non-hydrogen) atoms. The van der Waals surface area contributed by atoms with Crippen molar-refractivity contribution in [3.8, 4) is 10.6 Å². The number of anilines is 1. The Morgan fingerprint density at radius 1 is 1.32 bits per heavy atom. The third-order valence-electron chi connectivity index (χ3n) is 2.87. The average molecular weight is 384 g/mol. The predicted octanol–water partition coefficient (Wildman–Crippen LogP) is 3.44. The normalized spacial score (nSPS) is 11.2. The van der Waals surface area contributed by atoms with E-state index in [0.717, 1.165) is 20.6 Å². The molecule has 0 fully saturated rings. The number of hydrogen-bond acceptors (Lipinski definition) is 4. The van der Waals surface area contributed by atoms with Gasteiger partial charge in [0.1, 0.15) is 9.39 Å². The summed E-state index contributed by atoms with van der Waals surface area (Å²) in [6.45, 7) is 2.05. The third-order valence-corrected chi connectivity index (χ3v) is 5.21. The van der Waals surface area contributed by atoms with Gasteiger partial charge in [-0.15, -0.1) is 11.3 Å². The minimum absolute atomic E-state index is 0.896. The highest BCUT2D eigenvalue weighted by molar-refractivity contribution is 14.1. The van der Waals surface area contributed by atoms with Gasteiger partial charge in [0.05, 0.1) is 16.1 Å². The number of thiophene rings is 1. The molecule has 0 bridgehead atoms. The second-order valence-electron chi connectivity index (χ2n) is 4.58. The van der Waals surface area contributed by atoms with Crippen LogP contribution in [0, 0.1) is 10.6 Å². The zero-order valence-corrected chi connectivity index (χ0v) is 13.9. The van der Waals surface area contributed by atoms with Gasteiger partial charge in [-0.05, 0) is 53.3 Å². The minimum Gasteiger partial charge on any atom is -0.370 e. The summed E-state index contributed by atoms with van der Waals surface area (Å²) in [5.74, 6) is 0. The Hall–Kier alpha value is -1.15. The van der Waals surface area contributed by atoms with Crippen LogP contribution in [0.25, 0.3) is 16.2 Å². The van der Waals surface area contributed by atoms with Crippen molar-refractivity contribution in [2.45, 2.75) is 6.92 Å². The van der Waals surface area contributed by atoms with Crippen molar-refractivity contribution in [1.29, 1.82) is 0 Å². The number of hydrogen-bond donors (Lipinski definition) is 0. The molecule has 3 aromatic rings. The maximum absolute atomic E-state index is 4.65. The molecular formula is C13H13IN4S. The highest BCUT2D eigenvalue weighted by Gasteiger charge is 2.10. The molecule has 98 valence electrons. The van der Waals surface area contributed by atoms with E-state index in [2.05, 4.69) is 62.7 Å². The summed E-state index contributed by atoms with van der Waals surface area (Å²) in [6, 6.07) is 6.30. The highest BCUT2D eigenvalue weighted by atomic mass is 127. The lowest BCUT2D eigenvalue weighted by Crippen LogP contribution is -2.05. The Bertz CT molecular complexity index is 705. The lowest BCUT2D eigenvalue weighted by Gasteiger charge is -2.06. The van der Waals surface area contributed by atoms with Gasteiger partial charge in [0, 0.05) is 14.1 Å². The molecule has 0 aliphatic carbocycles. The molecule has 0 saturated heterocycles. The summed E-state index contributed by atoms with van der Waals surface area (Å²) >= 11 is 3.98. The van der Waals surface area contributed by atoms with Crippen LogP contribution in [-0.2, 0) is 0 Å². The maximum Gasteiger partial charge on any atom is 0.154 e. The van der Waals surface area contributed by atoms with Crippen LogP contribution in [0.1, 0.15) is 5.56 Å². The second kappa shape index (κ2) is 4.75. The van der Waals surface area contributed by atoms with Gasteiger partial charge in [-0.2, -0.15) is 5.10 Å². The molecule has 0 aliphatic heterocycles. The van der Waals surface area contributed by atoms with Gasteiger partial charge in [-0.1, -0.05) is 0 Å². The Balaban J connectivity index is 2.09. The van der Waals surface area contributed by atoms with Crippen molar-refractivity contribution in [1.82, 2.24) is 14.6 Å². The van der Waals surface area contributed by atoms with Gasteiger partial charge in [-0.25, -0.2) is 9.50 Å². The Labute approximate surface area is 129 Å². The fraction of sp³-hybridized carbons (Fsp3) is 0.231. The van der Waals surface area contributed by atoms with E-state index in [9.17, 15) is 0 Å². The number of rotatable bonds is 2. The van der Waals surface area contributed by atoms with Crippen LogP contribution in [0.2, 0.25) is 0 Å². The summed E-state index contributed by atoms with van der Waals surface area (Å²) in [4.78, 5) is 7.92. The predicted molar refractivity (Wildman–Crippen MR) is 88.1 cm³/mol. The minimum atomic E-state index is 0.896. The number of imidazole rings is 1. The first-order valence-electron chi connectivity index (χ1n) is 5.84. The Morgan fingerprint density at radius 3 is 2.79 bits per heavy atom. The summed E-state index contributed by atoms with van der Waals surface area (Å²) in [5, 5.41) is 5.73. The van der Waals surface area contributed by atoms with E-state index in [0.29, 0.717) is 0 Å². The summed E-state index contributed by atoms with van der Waals surface area (Å²) in [6.07, 6.45) is 1.99. The van der Waals surface area contributed by atoms with Crippen LogP contribution in [0.15, 0.2) is 24.4 Å². The van der Waals surface area contributed by atoms with Crippen LogP contribution >= 0.6 is 33.9 Å². The van der Waals surface area contributed by atoms with Crippen molar-refractivity contribution >= 4 is 44.6 Å². The lowest BCUT2D eigenvalue weighted by atomic mass is 10.3. The molecule has 0 amide bonds. The molecule has 6 heteroatoms. The van der Waals surface area contributed by atoms with Gasteiger partial charge in [0.15, 0.2) is 5.65 Å². The van der Waals surface area contributed by atoms with Crippen LogP contribution < -0.4 is 4.90 Å². The van der Waals surface area contributed by atoms with Crippen LogP contribution in [0.3, 0.4) is 0 Å². The standard InChI is InChI=1S/C13H13IN4S/c1-8-6-11-15-9(7-18(11)16-13(8)14)10-4-5-12(19-10)17(2)3/h4-7H,1-3H3. The summed E-state index contributed by atoms with van der Waals surface area (Å²) in [5.41, 5.74) is 3.03. The van der Waals surface area contributed by atoms with Gasteiger partial charge < -0.3 is 4.90 Å². The van der Waals surface area contributed by atoms with Crippen molar-refractivity contribution < 1.29 is 0 Å². The number of aryl methyl sites for hydroxylation is 1. The average Bonchev–Trinajstić information content (AvgIpc) is 2.95. The molecule has 3 aromatic heterocycles. The molecule has 0 radical (unpaired) electrons. The van der Waals surface area contributed by atoms with Crippen molar-refractivity contribution in [3.63, 3.8) is 0 Å². The molecule has 0 N–H and O–H groups in total. The van der Waals surface area contributed by atoms with E-state index >= 15 is 0 Å². The second-order valence-corrected chi connectivity index (χ2v) is 6.66. The van der Waals surface area contributed by atoms with Gasteiger partial charge in [0.25, 0.3) is 0 Å². The van der Waals surface area contributed by atoms with Gasteiger partial charge in [0.2, 0.25) is 0 Å². The fourth-order valence-electron chi connectivity index (χ4n) is 1.82. The van der Waals surface area contributed by atoms with E-state index in [1.807, 2.05) is 24.8 Å². The highest BCUT2D eigenvalue weighted by Crippen LogP contribution is 2.32. The zero-order chi connectivity index (χ0) is 13.6. The van der Waals surface area contributed by atoms with Crippen molar-refractivity contribution in [2.75, 3.05) is 19.0 Å². The monoisotopic (exact) mass is 384 g/mol. The number of nitrogens with zero attached hydrogens (tertiary/aromatic N) is 4. The van der Waals surface area contributed by atoms with E-state index in [1.54, 1.807) is 11.3 Å². The van der Waals surface area contributed by atoms with E-state index in [1.165, 1.54) is 9.88 Å². The van der Waals surface area contributed by atoms with E-state index < -0.39 is 0 Å². The molecule has 0 spiro atoms. The van der Waals surface area contributed by atoms with Crippen molar-refractivity contribution in [2.24, 2.45) is 0 Å². The molecule has 4 nitrogen and oxygen atoms in total. The fourth-order valence-corrected chi connectivity index (χ4v) is 3.09. The van der Waals surface area contributed by atoms with Gasteiger partial charge in [-0.3, -0.25) is 0 Å². The molecule has 0 unspecified atom stereocenters. The molecule has 3 heterocycles. The first-order chi connectivity index (χ1) is 9.04. The lowest BCUT2D eigenvalue weighted by molar-refractivity contribution is 0.903. The maximum atomic E-state index is 4.65. The number of fused-ring (bicyclic) bond motifs is 1. The topological polar surface area (TPSA) is 33.4 Å². The summed E-state index contributed by atoms with van der Waals surface area (Å²) in [7, 11) is 4.10. The van der Waals surface area contributed by atoms with E-state index in [4.69, 9.17) is 0 Å². The molecule has 0 aromatic carbocycles. The molecule has 3 rings (SSSR count). The molecule has 0 saturated carbocycles. The van der Waals surface area contributed by atoms with E-state index in [-0.39, 0.29) is 0 Å². The first kappa shape index (κ1) is 12.9. The van der Waals surface area contributed by atoms with Crippen molar-refractivity contribution in [3.05, 3.63) is 33.7 Å².